The normalized spacial score (nSPS) is 14.6. The first-order chi connectivity index (χ1) is 13.8. The van der Waals surface area contributed by atoms with Crippen molar-refractivity contribution in [1.29, 1.82) is 0 Å². The molecule has 1 aliphatic heterocycles. The van der Waals surface area contributed by atoms with E-state index in [1.165, 1.54) is 19.1 Å². The average molecular weight is 403 g/mol. The second kappa shape index (κ2) is 9.27. The first-order valence-corrected chi connectivity index (χ1v) is 9.01. The summed E-state index contributed by atoms with van der Waals surface area (Å²) in [5.41, 5.74) is 1.59. The molecule has 0 saturated carbocycles. The summed E-state index contributed by atoms with van der Waals surface area (Å²) in [6.07, 6.45) is -0.696. The zero-order valence-corrected chi connectivity index (χ0v) is 17.4. The minimum Gasteiger partial charge on any atom is -0.497 e. The van der Waals surface area contributed by atoms with E-state index in [4.69, 9.17) is 18.9 Å². The number of rotatable bonds is 5. The molecule has 156 valence electrons. The summed E-state index contributed by atoms with van der Waals surface area (Å²) in [5.74, 6) is -1.48. The Morgan fingerprint density at radius 2 is 1.38 bits per heavy atom. The number of carbonyl (C=O) groups is 3. The van der Waals surface area contributed by atoms with E-state index in [2.05, 4.69) is 0 Å². The fourth-order valence-corrected chi connectivity index (χ4v) is 3.40. The highest BCUT2D eigenvalue weighted by Gasteiger charge is 2.42. The molecular formula is C21H25NO7. The van der Waals surface area contributed by atoms with Gasteiger partial charge in [-0.3, -0.25) is 4.90 Å². The zero-order valence-electron chi connectivity index (χ0n) is 17.4. The topological polar surface area (TPSA) is 91.4 Å². The molecule has 1 aliphatic rings. The Balaban J connectivity index is 2.78. The quantitative estimate of drug-likeness (QED) is 0.551. The van der Waals surface area contributed by atoms with Crippen LogP contribution in [0.3, 0.4) is 0 Å². The van der Waals surface area contributed by atoms with Gasteiger partial charge in [0.25, 0.3) is 0 Å². The van der Waals surface area contributed by atoms with Gasteiger partial charge in [-0.15, -0.1) is 0 Å². The highest BCUT2D eigenvalue weighted by molar-refractivity contribution is 6.01. The highest BCUT2D eigenvalue weighted by atomic mass is 16.6. The van der Waals surface area contributed by atoms with Gasteiger partial charge in [-0.25, -0.2) is 14.4 Å². The van der Waals surface area contributed by atoms with Crippen molar-refractivity contribution in [3.05, 3.63) is 52.4 Å². The molecule has 2 rings (SSSR count). The maximum Gasteiger partial charge on any atom is 0.418 e. The minimum absolute atomic E-state index is 0.138. The maximum atomic E-state index is 12.7. The van der Waals surface area contributed by atoms with Crippen molar-refractivity contribution in [2.24, 2.45) is 0 Å². The van der Waals surface area contributed by atoms with Crippen molar-refractivity contribution in [2.75, 3.05) is 27.9 Å². The molecular weight excluding hydrogens is 378 g/mol. The van der Waals surface area contributed by atoms with Crippen molar-refractivity contribution in [2.45, 2.75) is 26.7 Å². The van der Waals surface area contributed by atoms with E-state index in [-0.39, 0.29) is 17.8 Å². The molecule has 0 fully saturated rings. The Labute approximate surface area is 169 Å². The van der Waals surface area contributed by atoms with Gasteiger partial charge in [-0.1, -0.05) is 12.1 Å². The highest BCUT2D eigenvalue weighted by Crippen LogP contribution is 2.43. The van der Waals surface area contributed by atoms with Crippen LogP contribution >= 0.6 is 0 Å². The lowest BCUT2D eigenvalue weighted by molar-refractivity contribution is -0.137. The van der Waals surface area contributed by atoms with Crippen molar-refractivity contribution >= 4 is 18.0 Å². The van der Waals surface area contributed by atoms with E-state index in [0.29, 0.717) is 22.7 Å². The number of allylic oxidation sites excluding steroid dienone is 2. The number of nitrogens with zero attached hydrogens (tertiary/aromatic N) is 1. The fraction of sp³-hybridized carbons (Fsp3) is 0.381. The van der Waals surface area contributed by atoms with E-state index in [0.717, 1.165) is 0 Å². The standard InChI is InChI=1S/C21H25NO7/c1-7-29-21(25)22-12(2)16(19(23)27-5)18(17(13(22)3)20(24)28-6)14-8-10-15(26-4)11-9-14/h8-11,18H,7H2,1-6H3. The summed E-state index contributed by atoms with van der Waals surface area (Å²) in [6.45, 7) is 5.02. The van der Waals surface area contributed by atoms with Gasteiger partial charge >= 0.3 is 18.0 Å². The predicted molar refractivity (Wildman–Crippen MR) is 104 cm³/mol. The zero-order chi connectivity index (χ0) is 21.7. The summed E-state index contributed by atoms with van der Waals surface area (Å²) in [5, 5.41) is 0. The van der Waals surface area contributed by atoms with E-state index in [9.17, 15) is 14.4 Å². The lowest BCUT2D eigenvalue weighted by Gasteiger charge is -2.35. The molecule has 0 spiro atoms. The molecule has 0 atom stereocenters. The second-order valence-electron chi connectivity index (χ2n) is 6.22. The largest absolute Gasteiger partial charge is 0.497 e. The Morgan fingerprint density at radius 3 is 1.76 bits per heavy atom. The Bertz CT molecular complexity index is 828. The molecule has 0 radical (unpaired) electrons. The van der Waals surface area contributed by atoms with Gasteiger partial charge in [-0.05, 0) is 38.5 Å². The Kier molecular flexibility index (Phi) is 7.03. The molecule has 0 saturated heterocycles. The van der Waals surface area contributed by atoms with Crippen LogP contribution in [-0.4, -0.2) is 50.9 Å². The van der Waals surface area contributed by atoms with E-state index < -0.39 is 23.9 Å². The first-order valence-electron chi connectivity index (χ1n) is 9.01. The second-order valence-corrected chi connectivity index (χ2v) is 6.22. The van der Waals surface area contributed by atoms with Crippen molar-refractivity contribution in [3.8, 4) is 5.75 Å². The predicted octanol–water partition coefficient (Wildman–Crippen LogP) is 3.14. The molecule has 1 amide bonds. The van der Waals surface area contributed by atoms with Crippen LogP contribution in [0, 0.1) is 0 Å². The summed E-state index contributed by atoms with van der Waals surface area (Å²) in [7, 11) is 4.03. The van der Waals surface area contributed by atoms with Gasteiger partial charge in [0.15, 0.2) is 0 Å². The lowest BCUT2D eigenvalue weighted by atomic mass is 9.80. The van der Waals surface area contributed by atoms with Crippen molar-refractivity contribution in [3.63, 3.8) is 0 Å². The summed E-state index contributed by atoms with van der Waals surface area (Å²) in [6, 6.07) is 6.94. The summed E-state index contributed by atoms with van der Waals surface area (Å²) >= 11 is 0. The lowest BCUT2D eigenvalue weighted by Crippen LogP contribution is -2.38. The monoisotopic (exact) mass is 403 g/mol. The van der Waals surface area contributed by atoms with E-state index >= 15 is 0 Å². The van der Waals surface area contributed by atoms with Crippen LogP contribution in [0.2, 0.25) is 0 Å². The smallest absolute Gasteiger partial charge is 0.418 e. The number of amides is 1. The number of esters is 2. The molecule has 0 N–H and O–H groups in total. The van der Waals surface area contributed by atoms with Crippen LogP contribution in [0.1, 0.15) is 32.3 Å². The van der Waals surface area contributed by atoms with Crippen LogP contribution in [0.4, 0.5) is 4.79 Å². The molecule has 0 aromatic heterocycles. The molecule has 1 aromatic carbocycles. The molecule has 0 bridgehead atoms. The molecule has 8 nitrogen and oxygen atoms in total. The van der Waals surface area contributed by atoms with E-state index in [1.807, 2.05) is 0 Å². The van der Waals surface area contributed by atoms with Crippen molar-refractivity contribution in [1.82, 2.24) is 4.90 Å². The first kappa shape index (κ1) is 22.0. The molecule has 1 heterocycles. The van der Waals surface area contributed by atoms with Crippen molar-refractivity contribution < 1.29 is 33.3 Å². The number of benzene rings is 1. The van der Waals surface area contributed by atoms with Crippen LogP contribution in [0.5, 0.6) is 5.75 Å². The number of methoxy groups -OCH3 is 3. The van der Waals surface area contributed by atoms with Crippen LogP contribution in [-0.2, 0) is 23.8 Å². The van der Waals surface area contributed by atoms with Gasteiger partial charge in [0.1, 0.15) is 5.75 Å². The van der Waals surface area contributed by atoms with Gasteiger partial charge in [0.2, 0.25) is 0 Å². The number of hydrogen-bond donors (Lipinski definition) is 0. The third kappa shape index (κ3) is 4.11. The number of hydrogen-bond acceptors (Lipinski definition) is 7. The molecule has 8 heteroatoms. The van der Waals surface area contributed by atoms with Gasteiger partial charge in [0, 0.05) is 11.4 Å². The third-order valence-corrected chi connectivity index (χ3v) is 4.74. The van der Waals surface area contributed by atoms with Crippen LogP contribution in [0.25, 0.3) is 0 Å². The fourth-order valence-electron chi connectivity index (χ4n) is 3.40. The number of carbonyl (C=O) groups excluding carboxylic acids is 3. The van der Waals surface area contributed by atoms with Gasteiger partial charge < -0.3 is 18.9 Å². The average Bonchev–Trinajstić information content (AvgIpc) is 2.72. The van der Waals surface area contributed by atoms with Gasteiger partial charge in [-0.2, -0.15) is 0 Å². The van der Waals surface area contributed by atoms with Gasteiger partial charge in [0.05, 0.1) is 45.0 Å². The van der Waals surface area contributed by atoms with Crippen LogP contribution < -0.4 is 4.74 Å². The molecule has 1 aromatic rings. The minimum atomic E-state index is -0.786. The third-order valence-electron chi connectivity index (χ3n) is 4.74. The Morgan fingerprint density at radius 1 is 0.897 bits per heavy atom. The van der Waals surface area contributed by atoms with E-state index in [1.54, 1.807) is 52.1 Å². The van der Waals surface area contributed by atoms with Crippen LogP contribution in [0.15, 0.2) is 46.8 Å². The summed E-state index contributed by atoms with van der Waals surface area (Å²) in [4.78, 5) is 39.2. The molecule has 0 unspecified atom stereocenters. The maximum absolute atomic E-state index is 12.7. The summed E-state index contributed by atoms with van der Waals surface area (Å²) < 4.78 is 20.2. The Hall–Kier alpha value is -3.29. The number of ether oxygens (including phenoxy) is 4. The molecule has 29 heavy (non-hydrogen) atoms. The molecule has 0 aliphatic carbocycles. The SMILES string of the molecule is CCOC(=O)N1C(C)=C(C(=O)OC)C(c2ccc(OC)cc2)C(C(=O)OC)=C1C.